The molecular weight excluding hydrogens is 349 g/mol. The molecule has 0 atom stereocenters. The van der Waals surface area contributed by atoms with E-state index in [9.17, 15) is 9.18 Å². The minimum absolute atomic E-state index is 0.0333. The van der Waals surface area contributed by atoms with Crippen molar-refractivity contribution in [1.29, 1.82) is 0 Å². The molecule has 2 rings (SSSR count). The second-order valence-corrected chi connectivity index (χ2v) is 6.25. The number of unbranched alkanes of at least 4 members (excludes halogenated alkanes) is 2. The number of methoxy groups -OCH3 is 1. The number of aromatic nitrogens is 1. The molecule has 0 radical (unpaired) electrons. The summed E-state index contributed by atoms with van der Waals surface area (Å²) >= 11 is 0. The van der Waals surface area contributed by atoms with Gasteiger partial charge in [-0.1, -0.05) is 25.8 Å². The summed E-state index contributed by atoms with van der Waals surface area (Å²) in [5, 5.41) is 2.54. The largest absolute Gasteiger partial charge is 0.490 e. The van der Waals surface area contributed by atoms with Crippen LogP contribution in [-0.2, 0) is 11.3 Å². The van der Waals surface area contributed by atoms with E-state index < -0.39 is 11.7 Å². The molecule has 0 unspecified atom stereocenters. The van der Waals surface area contributed by atoms with E-state index in [1.807, 2.05) is 6.92 Å². The predicted molar refractivity (Wildman–Crippen MR) is 103 cm³/mol. The van der Waals surface area contributed by atoms with E-state index in [1.165, 1.54) is 12.1 Å². The standard InChI is InChI=1S/C20H26FN3O3/c1-4-5-6-10-27-17-9-7-8-15(18(17)21)24-20(25)14-11-13(2)16(12-26-3)23-19(14)22/h7-9,11H,4-6,10,12H2,1-3H3,(H2,22,23)(H,24,25). The zero-order chi connectivity index (χ0) is 19.8. The number of nitrogens with one attached hydrogen (secondary N) is 1. The van der Waals surface area contributed by atoms with Gasteiger partial charge in [-0.15, -0.1) is 0 Å². The van der Waals surface area contributed by atoms with Crippen molar-refractivity contribution in [3.63, 3.8) is 0 Å². The van der Waals surface area contributed by atoms with Gasteiger partial charge in [-0.3, -0.25) is 4.79 Å². The molecule has 0 aliphatic heterocycles. The summed E-state index contributed by atoms with van der Waals surface area (Å²) in [7, 11) is 1.55. The maximum absolute atomic E-state index is 14.6. The van der Waals surface area contributed by atoms with Crippen molar-refractivity contribution in [2.24, 2.45) is 0 Å². The van der Waals surface area contributed by atoms with Crippen molar-refractivity contribution < 1.29 is 18.7 Å². The number of aryl methyl sites for hydroxylation is 1. The number of benzene rings is 1. The molecule has 0 saturated heterocycles. The lowest BCUT2D eigenvalue weighted by Crippen LogP contribution is -2.17. The maximum atomic E-state index is 14.6. The van der Waals surface area contributed by atoms with Crippen LogP contribution in [0, 0.1) is 12.7 Å². The predicted octanol–water partition coefficient (Wildman–Crippen LogP) is 4.08. The molecule has 6 nitrogen and oxygen atoms in total. The van der Waals surface area contributed by atoms with Gasteiger partial charge in [0, 0.05) is 7.11 Å². The Morgan fingerprint density at radius 3 is 2.81 bits per heavy atom. The van der Waals surface area contributed by atoms with E-state index >= 15 is 0 Å². The fourth-order valence-electron chi connectivity index (χ4n) is 2.57. The molecule has 0 spiro atoms. The van der Waals surface area contributed by atoms with Crippen LogP contribution < -0.4 is 15.8 Å². The molecule has 0 fully saturated rings. The Hall–Kier alpha value is -2.67. The fraction of sp³-hybridized carbons (Fsp3) is 0.400. The van der Waals surface area contributed by atoms with E-state index in [0.29, 0.717) is 18.9 Å². The van der Waals surface area contributed by atoms with Crippen LogP contribution in [-0.4, -0.2) is 24.6 Å². The number of hydrogen-bond acceptors (Lipinski definition) is 5. The van der Waals surface area contributed by atoms with Crippen LogP contribution in [0.2, 0.25) is 0 Å². The molecule has 27 heavy (non-hydrogen) atoms. The van der Waals surface area contributed by atoms with Crippen molar-refractivity contribution in [3.8, 4) is 5.75 Å². The average molecular weight is 375 g/mol. The van der Waals surface area contributed by atoms with Crippen molar-refractivity contribution >= 4 is 17.4 Å². The third-order valence-corrected chi connectivity index (χ3v) is 4.09. The van der Waals surface area contributed by atoms with Gasteiger partial charge in [0.15, 0.2) is 11.6 Å². The number of pyridine rings is 1. The van der Waals surface area contributed by atoms with Gasteiger partial charge in [0.25, 0.3) is 5.91 Å². The topological polar surface area (TPSA) is 86.5 Å². The highest BCUT2D eigenvalue weighted by Crippen LogP contribution is 2.26. The van der Waals surface area contributed by atoms with Crippen LogP contribution in [0.15, 0.2) is 24.3 Å². The number of nitrogens with two attached hydrogens (primary N) is 1. The first-order chi connectivity index (χ1) is 13.0. The molecule has 1 amide bonds. The van der Waals surface area contributed by atoms with Crippen LogP contribution in [0.5, 0.6) is 5.75 Å². The Morgan fingerprint density at radius 1 is 1.33 bits per heavy atom. The molecule has 0 bridgehead atoms. The lowest BCUT2D eigenvalue weighted by Gasteiger charge is -2.13. The minimum Gasteiger partial charge on any atom is -0.490 e. The minimum atomic E-state index is -0.610. The van der Waals surface area contributed by atoms with Crippen LogP contribution in [0.3, 0.4) is 0 Å². The SMILES string of the molecule is CCCCCOc1cccc(NC(=O)c2cc(C)c(COC)nc2N)c1F. The molecule has 1 aromatic carbocycles. The normalized spacial score (nSPS) is 10.7. The molecule has 2 aromatic rings. The number of carbonyl (C=O) groups excluding carboxylic acids is 1. The lowest BCUT2D eigenvalue weighted by molar-refractivity contribution is 0.102. The Kier molecular flexibility index (Phi) is 7.55. The lowest BCUT2D eigenvalue weighted by atomic mass is 10.1. The first kappa shape index (κ1) is 20.6. The van der Waals surface area contributed by atoms with Crippen molar-refractivity contribution in [2.75, 3.05) is 24.8 Å². The molecule has 1 heterocycles. The highest BCUT2D eigenvalue weighted by molar-refractivity contribution is 6.07. The zero-order valence-corrected chi connectivity index (χ0v) is 16.0. The second kappa shape index (κ2) is 9.87. The molecular formula is C20H26FN3O3. The number of rotatable bonds is 9. The molecule has 3 N–H and O–H groups in total. The summed E-state index contributed by atoms with van der Waals surface area (Å²) in [6.45, 7) is 4.62. The van der Waals surface area contributed by atoms with E-state index in [0.717, 1.165) is 24.8 Å². The number of hydrogen-bond donors (Lipinski definition) is 2. The highest BCUT2D eigenvalue weighted by Gasteiger charge is 2.17. The van der Waals surface area contributed by atoms with E-state index in [4.69, 9.17) is 15.2 Å². The molecule has 0 aliphatic rings. The maximum Gasteiger partial charge on any atom is 0.259 e. The Balaban J connectivity index is 2.15. The highest BCUT2D eigenvalue weighted by atomic mass is 19.1. The van der Waals surface area contributed by atoms with Gasteiger partial charge >= 0.3 is 0 Å². The van der Waals surface area contributed by atoms with E-state index in [1.54, 1.807) is 19.2 Å². The summed E-state index contributed by atoms with van der Waals surface area (Å²) < 4.78 is 25.1. The van der Waals surface area contributed by atoms with Gasteiger partial charge < -0.3 is 20.5 Å². The van der Waals surface area contributed by atoms with Gasteiger partial charge in [0.05, 0.1) is 30.2 Å². The number of nitrogen functional groups attached to an aromatic ring is 1. The van der Waals surface area contributed by atoms with Crippen molar-refractivity contribution in [2.45, 2.75) is 39.7 Å². The van der Waals surface area contributed by atoms with Gasteiger partial charge in [0.1, 0.15) is 5.82 Å². The van der Waals surface area contributed by atoms with Crippen molar-refractivity contribution in [3.05, 3.63) is 46.9 Å². The molecule has 0 aliphatic carbocycles. The van der Waals surface area contributed by atoms with E-state index in [2.05, 4.69) is 17.2 Å². The van der Waals surface area contributed by atoms with Crippen LogP contribution in [0.25, 0.3) is 0 Å². The smallest absolute Gasteiger partial charge is 0.259 e. The second-order valence-electron chi connectivity index (χ2n) is 6.25. The molecule has 0 saturated carbocycles. The van der Waals surface area contributed by atoms with Crippen LogP contribution in [0.1, 0.15) is 47.8 Å². The third-order valence-electron chi connectivity index (χ3n) is 4.09. The first-order valence-electron chi connectivity index (χ1n) is 8.95. The third kappa shape index (κ3) is 5.40. The summed E-state index contributed by atoms with van der Waals surface area (Å²) in [6, 6.07) is 6.26. The number of nitrogens with zero attached hydrogens (tertiary/aromatic N) is 1. The number of ether oxygens (including phenoxy) is 2. The summed E-state index contributed by atoms with van der Waals surface area (Å²) in [4.78, 5) is 16.7. The molecule has 7 heteroatoms. The summed E-state index contributed by atoms with van der Waals surface area (Å²) in [6.07, 6.45) is 2.92. The molecule has 1 aromatic heterocycles. The number of carbonyl (C=O) groups is 1. The summed E-state index contributed by atoms with van der Waals surface area (Å²) in [5.74, 6) is -0.963. The summed E-state index contributed by atoms with van der Waals surface area (Å²) in [5.41, 5.74) is 7.53. The number of halogens is 1. The van der Waals surface area contributed by atoms with Gasteiger partial charge in [-0.25, -0.2) is 9.37 Å². The van der Waals surface area contributed by atoms with E-state index in [-0.39, 0.29) is 22.8 Å². The Morgan fingerprint density at radius 2 is 2.11 bits per heavy atom. The monoisotopic (exact) mass is 375 g/mol. The Bertz CT molecular complexity index is 796. The average Bonchev–Trinajstić information content (AvgIpc) is 2.64. The molecule has 146 valence electrons. The van der Waals surface area contributed by atoms with Crippen LogP contribution in [0.4, 0.5) is 15.9 Å². The Labute approximate surface area is 158 Å². The van der Waals surface area contributed by atoms with Crippen molar-refractivity contribution in [1.82, 2.24) is 4.98 Å². The van der Waals surface area contributed by atoms with Gasteiger partial charge in [-0.2, -0.15) is 0 Å². The zero-order valence-electron chi connectivity index (χ0n) is 16.0. The number of anilines is 2. The number of amides is 1. The first-order valence-corrected chi connectivity index (χ1v) is 8.95. The fourth-order valence-corrected chi connectivity index (χ4v) is 2.57. The van der Waals surface area contributed by atoms with Gasteiger partial charge in [-0.05, 0) is 37.1 Å². The van der Waals surface area contributed by atoms with Gasteiger partial charge in [0.2, 0.25) is 0 Å². The quantitative estimate of drug-likeness (QED) is 0.645. The van der Waals surface area contributed by atoms with Crippen LogP contribution >= 0.6 is 0 Å².